The molecule has 1 atom stereocenters. The minimum Gasteiger partial charge on any atom is -0.423 e. The molecule has 0 aromatic heterocycles. The van der Waals surface area contributed by atoms with Crippen LogP contribution in [-0.4, -0.2) is 17.5 Å². The first-order valence-electron chi connectivity index (χ1n) is 12.5. The number of dihydropyridines is 1. The monoisotopic (exact) mass is 489 g/mol. The highest BCUT2D eigenvalue weighted by molar-refractivity contribution is 6.23. The highest BCUT2D eigenvalue weighted by Gasteiger charge is 2.46. The molecule has 184 valence electrons. The van der Waals surface area contributed by atoms with Gasteiger partial charge in [-0.2, -0.15) is 0 Å². The van der Waals surface area contributed by atoms with Crippen molar-refractivity contribution in [2.45, 2.75) is 39.5 Å². The van der Waals surface area contributed by atoms with Gasteiger partial charge in [-0.15, -0.1) is 0 Å². The Hall–Kier alpha value is -4.25. The van der Waals surface area contributed by atoms with Crippen molar-refractivity contribution in [1.82, 2.24) is 5.32 Å². The third kappa shape index (κ3) is 3.91. The summed E-state index contributed by atoms with van der Waals surface area (Å²) < 4.78 is 5.71. The number of carbonyl (C=O) groups is 3. The van der Waals surface area contributed by atoms with E-state index in [0.717, 1.165) is 28.1 Å². The first kappa shape index (κ1) is 23.2. The van der Waals surface area contributed by atoms with Crippen molar-refractivity contribution in [2.24, 2.45) is 5.41 Å². The van der Waals surface area contributed by atoms with Crippen LogP contribution in [0.3, 0.4) is 0 Å². The molecule has 0 spiro atoms. The van der Waals surface area contributed by atoms with Crippen molar-refractivity contribution in [3.63, 3.8) is 0 Å². The van der Waals surface area contributed by atoms with Crippen LogP contribution in [0.15, 0.2) is 89.6 Å². The van der Waals surface area contributed by atoms with Crippen LogP contribution in [0.5, 0.6) is 5.75 Å². The van der Waals surface area contributed by atoms with Gasteiger partial charge >= 0.3 is 5.97 Å². The number of Topliss-reactive ketones (excluding diaryl/α,β-unsaturated/α-hetero) is 2. The van der Waals surface area contributed by atoms with Crippen LogP contribution >= 0.6 is 0 Å². The molecule has 0 radical (unpaired) electrons. The highest BCUT2D eigenvalue weighted by Crippen LogP contribution is 2.51. The number of ether oxygens (including phenoxy) is 1. The summed E-state index contributed by atoms with van der Waals surface area (Å²) in [6.07, 6.45) is 1.12. The van der Waals surface area contributed by atoms with Crippen LogP contribution in [0.1, 0.15) is 70.0 Å². The fourth-order valence-corrected chi connectivity index (χ4v) is 5.74. The van der Waals surface area contributed by atoms with E-state index >= 15 is 0 Å². The van der Waals surface area contributed by atoms with Gasteiger partial charge < -0.3 is 10.1 Å². The van der Waals surface area contributed by atoms with E-state index < -0.39 is 11.9 Å². The first-order valence-corrected chi connectivity index (χ1v) is 12.5. The zero-order chi connectivity index (χ0) is 25.9. The number of aryl methyl sites for hydroxylation is 1. The number of nitrogens with one attached hydrogen (secondary N) is 1. The van der Waals surface area contributed by atoms with E-state index in [9.17, 15) is 14.4 Å². The first-order chi connectivity index (χ1) is 17.7. The molecule has 0 saturated heterocycles. The summed E-state index contributed by atoms with van der Waals surface area (Å²) in [5.74, 6) is -0.650. The fraction of sp³-hybridized carbons (Fsp3) is 0.219. The Balaban J connectivity index is 1.44. The molecule has 3 aromatic carbocycles. The van der Waals surface area contributed by atoms with Crippen molar-refractivity contribution in [3.05, 3.63) is 117 Å². The zero-order valence-corrected chi connectivity index (χ0v) is 21.1. The third-order valence-electron chi connectivity index (χ3n) is 7.42. The van der Waals surface area contributed by atoms with Crippen LogP contribution in [0.2, 0.25) is 0 Å². The molecule has 1 aliphatic heterocycles. The van der Waals surface area contributed by atoms with Crippen molar-refractivity contribution < 1.29 is 19.1 Å². The van der Waals surface area contributed by atoms with Gasteiger partial charge in [0, 0.05) is 40.3 Å². The van der Waals surface area contributed by atoms with Crippen LogP contribution < -0.4 is 10.1 Å². The quantitative estimate of drug-likeness (QED) is 0.353. The highest BCUT2D eigenvalue weighted by atomic mass is 16.5. The summed E-state index contributed by atoms with van der Waals surface area (Å²) in [4.78, 5) is 40.0. The number of carbonyl (C=O) groups excluding carboxylic acids is 3. The Bertz CT molecular complexity index is 1560. The second-order valence-corrected chi connectivity index (χ2v) is 10.9. The largest absolute Gasteiger partial charge is 0.423 e. The van der Waals surface area contributed by atoms with Gasteiger partial charge in [0.15, 0.2) is 11.6 Å². The Morgan fingerprint density at radius 1 is 0.892 bits per heavy atom. The summed E-state index contributed by atoms with van der Waals surface area (Å²) in [7, 11) is 0. The van der Waals surface area contributed by atoms with Crippen LogP contribution in [-0.2, 0) is 4.79 Å². The lowest BCUT2D eigenvalue weighted by atomic mass is 9.68. The van der Waals surface area contributed by atoms with Crippen molar-refractivity contribution in [1.29, 1.82) is 0 Å². The number of allylic oxidation sites excluding steroid dienone is 3. The van der Waals surface area contributed by atoms with E-state index in [2.05, 4.69) is 19.2 Å². The number of fused-ring (bicyclic) bond motifs is 2. The van der Waals surface area contributed by atoms with Gasteiger partial charge in [-0.3, -0.25) is 9.59 Å². The van der Waals surface area contributed by atoms with Crippen LogP contribution in [0, 0.1) is 12.3 Å². The van der Waals surface area contributed by atoms with E-state index in [1.54, 1.807) is 30.3 Å². The number of hydrogen-bond donors (Lipinski definition) is 1. The Labute approximate surface area is 215 Å². The van der Waals surface area contributed by atoms with Gasteiger partial charge in [0.2, 0.25) is 0 Å². The lowest BCUT2D eigenvalue weighted by Crippen LogP contribution is -2.37. The molecule has 0 saturated carbocycles. The van der Waals surface area contributed by atoms with Crippen molar-refractivity contribution >= 4 is 23.2 Å². The van der Waals surface area contributed by atoms with Gasteiger partial charge in [0.25, 0.3) is 0 Å². The van der Waals surface area contributed by atoms with E-state index in [-0.39, 0.29) is 17.0 Å². The Morgan fingerprint density at radius 2 is 1.62 bits per heavy atom. The van der Waals surface area contributed by atoms with E-state index in [1.807, 2.05) is 49.4 Å². The molecule has 0 fully saturated rings. The second-order valence-electron chi connectivity index (χ2n) is 10.9. The number of esters is 1. The molecule has 0 amide bonds. The molecule has 1 heterocycles. The average molecular weight is 490 g/mol. The summed E-state index contributed by atoms with van der Waals surface area (Å²) in [6.45, 7) is 6.14. The summed E-state index contributed by atoms with van der Waals surface area (Å²) in [5.41, 5.74) is 6.45. The maximum Gasteiger partial charge on any atom is 0.343 e. The lowest BCUT2D eigenvalue weighted by molar-refractivity contribution is -0.118. The predicted molar refractivity (Wildman–Crippen MR) is 141 cm³/mol. The second kappa shape index (κ2) is 8.41. The molecule has 6 rings (SSSR count). The fourth-order valence-electron chi connectivity index (χ4n) is 5.74. The average Bonchev–Trinajstić information content (AvgIpc) is 3.14. The number of rotatable bonds is 3. The molecule has 3 aliphatic rings. The predicted octanol–water partition coefficient (Wildman–Crippen LogP) is 6.15. The molecule has 0 unspecified atom stereocenters. The van der Waals surface area contributed by atoms with Gasteiger partial charge in [-0.25, -0.2) is 4.79 Å². The molecule has 37 heavy (non-hydrogen) atoms. The standard InChI is InChI=1S/C32H27NO4/c1-18-11-13-19(14-12-18)31(36)37-21-8-6-7-20(15-21)26-27-24(16-32(2,3)17-25(27)34)33-29-22-9-4-5-10-23(22)30(35)28(26)29/h4-15,26,33H,16-17H2,1-3H3/t26-/m0/s1. The normalized spacial score (nSPS) is 19.7. The number of hydrogen-bond acceptors (Lipinski definition) is 5. The van der Waals surface area contributed by atoms with Gasteiger partial charge in [-0.1, -0.05) is 67.9 Å². The van der Waals surface area contributed by atoms with E-state index in [4.69, 9.17) is 4.74 Å². The SMILES string of the molecule is Cc1ccc(C(=O)Oc2cccc([C@H]3C4=C(CC(C)(C)CC4=O)NC4=C3C(=O)c3ccccc34)c2)cc1. The molecular formula is C32H27NO4. The summed E-state index contributed by atoms with van der Waals surface area (Å²) in [5, 5.41) is 3.49. The molecule has 3 aromatic rings. The van der Waals surface area contributed by atoms with Gasteiger partial charge in [-0.05, 0) is 48.6 Å². The maximum absolute atomic E-state index is 13.7. The van der Waals surface area contributed by atoms with Crippen LogP contribution in [0.4, 0.5) is 0 Å². The maximum atomic E-state index is 13.7. The molecule has 0 bridgehead atoms. The zero-order valence-electron chi connectivity index (χ0n) is 21.1. The summed E-state index contributed by atoms with van der Waals surface area (Å²) in [6, 6.07) is 22.0. The number of benzene rings is 3. The Morgan fingerprint density at radius 3 is 2.38 bits per heavy atom. The summed E-state index contributed by atoms with van der Waals surface area (Å²) >= 11 is 0. The van der Waals surface area contributed by atoms with E-state index in [1.165, 1.54) is 0 Å². The van der Waals surface area contributed by atoms with Gasteiger partial charge in [0.05, 0.1) is 11.3 Å². The van der Waals surface area contributed by atoms with Gasteiger partial charge in [0.1, 0.15) is 5.75 Å². The lowest BCUT2D eigenvalue weighted by Gasteiger charge is -2.39. The minimum absolute atomic E-state index is 0.0427. The third-order valence-corrected chi connectivity index (χ3v) is 7.42. The molecule has 5 heteroatoms. The van der Waals surface area contributed by atoms with Crippen molar-refractivity contribution in [3.8, 4) is 5.75 Å². The minimum atomic E-state index is -0.534. The topological polar surface area (TPSA) is 72.5 Å². The molecule has 5 nitrogen and oxygen atoms in total. The molecule has 1 N–H and O–H groups in total. The van der Waals surface area contributed by atoms with Crippen LogP contribution in [0.25, 0.3) is 5.70 Å². The Kier molecular flexibility index (Phi) is 5.27. The smallest absolute Gasteiger partial charge is 0.343 e. The van der Waals surface area contributed by atoms with E-state index in [0.29, 0.717) is 40.9 Å². The molecule has 2 aliphatic carbocycles. The number of ketones is 2. The molecular weight excluding hydrogens is 462 g/mol. The van der Waals surface area contributed by atoms with Crippen molar-refractivity contribution in [2.75, 3.05) is 0 Å².